The Labute approximate surface area is 165 Å². The number of carbonyl (C=O) groups is 1. The number of ether oxygens (including phenoxy) is 1. The molecule has 0 radical (unpaired) electrons. The van der Waals surface area contributed by atoms with Gasteiger partial charge in [0.2, 0.25) is 0 Å². The minimum atomic E-state index is -0.598. The van der Waals surface area contributed by atoms with E-state index in [0.717, 1.165) is 0 Å². The highest BCUT2D eigenvalue weighted by atomic mass is 32.1. The number of thiocarbonyl (C=S) groups is 1. The van der Waals surface area contributed by atoms with Gasteiger partial charge in [0.15, 0.2) is 5.11 Å². The van der Waals surface area contributed by atoms with Gasteiger partial charge in [-0.05, 0) is 36.5 Å². The zero-order chi connectivity index (χ0) is 20.1. The SMILES string of the molecule is O=C(NC(=S)Nc1cccc(F)c1)c1cc([N+](=O)[O-])ccc1N1CCOCC1. The number of hydrogen-bond acceptors (Lipinski definition) is 6. The van der Waals surface area contributed by atoms with Crippen LogP contribution in [0.1, 0.15) is 10.4 Å². The summed E-state index contributed by atoms with van der Waals surface area (Å²) in [5.41, 5.74) is 0.850. The summed E-state index contributed by atoms with van der Waals surface area (Å²) in [7, 11) is 0. The second-order valence-corrected chi connectivity index (χ2v) is 6.38. The van der Waals surface area contributed by atoms with Gasteiger partial charge in [-0.15, -0.1) is 0 Å². The first-order valence-electron chi connectivity index (χ1n) is 8.43. The number of hydrogen-bond donors (Lipinski definition) is 2. The predicted molar refractivity (Wildman–Crippen MR) is 106 cm³/mol. The van der Waals surface area contributed by atoms with Gasteiger partial charge in [0.05, 0.1) is 29.4 Å². The molecule has 2 aromatic rings. The molecule has 28 heavy (non-hydrogen) atoms. The van der Waals surface area contributed by atoms with Crippen LogP contribution >= 0.6 is 12.2 Å². The van der Waals surface area contributed by atoms with Crippen molar-refractivity contribution in [1.82, 2.24) is 5.32 Å². The summed E-state index contributed by atoms with van der Waals surface area (Å²) in [5.74, 6) is -1.05. The summed E-state index contributed by atoms with van der Waals surface area (Å²) in [4.78, 5) is 25.2. The Morgan fingerprint density at radius 3 is 2.64 bits per heavy atom. The van der Waals surface area contributed by atoms with E-state index in [1.165, 1.54) is 30.3 Å². The summed E-state index contributed by atoms with van der Waals surface area (Å²) >= 11 is 5.11. The minimum Gasteiger partial charge on any atom is -0.378 e. The van der Waals surface area contributed by atoms with E-state index in [9.17, 15) is 19.3 Å². The van der Waals surface area contributed by atoms with Crippen LogP contribution in [0.5, 0.6) is 0 Å². The van der Waals surface area contributed by atoms with Crippen LogP contribution in [0.3, 0.4) is 0 Å². The Morgan fingerprint density at radius 2 is 1.96 bits per heavy atom. The molecule has 8 nitrogen and oxygen atoms in total. The van der Waals surface area contributed by atoms with Crippen LogP contribution in [0.2, 0.25) is 0 Å². The third-order valence-electron chi connectivity index (χ3n) is 4.10. The molecule has 0 spiro atoms. The highest BCUT2D eigenvalue weighted by molar-refractivity contribution is 7.80. The maximum absolute atomic E-state index is 13.3. The third-order valence-corrected chi connectivity index (χ3v) is 4.30. The number of non-ortho nitro benzene ring substituents is 1. The molecule has 1 aliphatic rings. The Morgan fingerprint density at radius 1 is 1.21 bits per heavy atom. The zero-order valence-electron chi connectivity index (χ0n) is 14.7. The topological polar surface area (TPSA) is 96.7 Å². The molecule has 1 heterocycles. The lowest BCUT2D eigenvalue weighted by atomic mass is 10.1. The summed E-state index contributed by atoms with van der Waals surface area (Å²) in [6, 6.07) is 9.71. The molecule has 0 unspecified atom stereocenters. The van der Waals surface area contributed by atoms with Gasteiger partial charge < -0.3 is 15.0 Å². The van der Waals surface area contributed by atoms with Crippen LogP contribution in [0.15, 0.2) is 42.5 Å². The molecular formula is C18H17FN4O4S. The molecule has 2 aromatic carbocycles. The maximum Gasteiger partial charge on any atom is 0.270 e. The van der Waals surface area contributed by atoms with Crippen molar-refractivity contribution < 1.29 is 18.8 Å². The van der Waals surface area contributed by atoms with E-state index in [1.54, 1.807) is 12.1 Å². The van der Waals surface area contributed by atoms with Crippen molar-refractivity contribution in [2.24, 2.45) is 0 Å². The highest BCUT2D eigenvalue weighted by Crippen LogP contribution is 2.26. The van der Waals surface area contributed by atoms with Gasteiger partial charge in [-0.3, -0.25) is 20.2 Å². The molecule has 146 valence electrons. The second kappa shape index (κ2) is 8.72. The average Bonchev–Trinajstić information content (AvgIpc) is 2.68. The first kappa shape index (κ1) is 19.6. The number of nitro groups is 1. The number of amides is 1. The fourth-order valence-electron chi connectivity index (χ4n) is 2.80. The van der Waals surface area contributed by atoms with E-state index in [-0.39, 0.29) is 16.4 Å². The van der Waals surface area contributed by atoms with Gasteiger partial charge in [-0.1, -0.05) is 6.07 Å². The van der Waals surface area contributed by atoms with Crippen molar-refractivity contribution in [3.8, 4) is 0 Å². The molecule has 1 aliphatic heterocycles. The van der Waals surface area contributed by atoms with Crippen LogP contribution in [0, 0.1) is 15.9 Å². The number of nitro benzene ring substituents is 1. The van der Waals surface area contributed by atoms with Crippen molar-refractivity contribution >= 4 is 40.3 Å². The molecule has 0 atom stereocenters. The molecule has 0 aromatic heterocycles. The van der Waals surface area contributed by atoms with Crippen LogP contribution in [-0.2, 0) is 4.74 Å². The van der Waals surface area contributed by atoms with E-state index in [2.05, 4.69) is 10.6 Å². The molecule has 2 N–H and O–H groups in total. The second-order valence-electron chi connectivity index (χ2n) is 5.98. The molecule has 0 aliphatic carbocycles. The first-order chi connectivity index (χ1) is 13.4. The van der Waals surface area contributed by atoms with Gasteiger partial charge >= 0.3 is 0 Å². The van der Waals surface area contributed by atoms with Gasteiger partial charge in [0.1, 0.15) is 5.82 Å². The molecular weight excluding hydrogens is 387 g/mol. The van der Waals surface area contributed by atoms with Gasteiger partial charge in [0.25, 0.3) is 11.6 Å². The van der Waals surface area contributed by atoms with Crippen molar-refractivity contribution in [2.75, 3.05) is 36.5 Å². The Kier molecular flexibility index (Phi) is 6.12. The summed E-state index contributed by atoms with van der Waals surface area (Å²) in [6.07, 6.45) is 0. The zero-order valence-corrected chi connectivity index (χ0v) is 15.5. The Bertz CT molecular complexity index is 918. The molecule has 10 heteroatoms. The monoisotopic (exact) mass is 404 g/mol. The number of nitrogens with zero attached hydrogens (tertiary/aromatic N) is 2. The molecule has 0 bridgehead atoms. The van der Waals surface area contributed by atoms with E-state index in [4.69, 9.17) is 17.0 Å². The normalized spacial score (nSPS) is 13.7. The van der Waals surface area contributed by atoms with Gasteiger partial charge in [0, 0.05) is 30.9 Å². The van der Waals surface area contributed by atoms with Crippen LogP contribution in [0.4, 0.5) is 21.5 Å². The summed E-state index contributed by atoms with van der Waals surface area (Å²) < 4.78 is 18.6. The maximum atomic E-state index is 13.3. The lowest BCUT2D eigenvalue weighted by Gasteiger charge is -2.30. The third kappa shape index (κ3) is 4.78. The van der Waals surface area contributed by atoms with Crippen molar-refractivity contribution in [2.45, 2.75) is 0 Å². The van der Waals surface area contributed by atoms with Crippen LogP contribution in [0.25, 0.3) is 0 Å². The fraction of sp³-hybridized carbons (Fsp3) is 0.222. The fourth-order valence-corrected chi connectivity index (χ4v) is 3.01. The largest absolute Gasteiger partial charge is 0.378 e. The minimum absolute atomic E-state index is 0.0463. The number of benzene rings is 2. The average molecular weight is 404 g/mol. The van der Waals surface area contributed by atoms with Crippen LogP contribution in [-0.4, -0.2) is 42.2 Å². The van der Waals surface area contributed by atoms with Gasteiger partial charge in [-0.2, -0.15) is 0 Å². The lowest BCUT2D eigenvalue weighted by molar-refractivity contribution is -0.384. The van der Waals surface area contributed by atoms with E-state index in [0.29, 0.717) is 37.7 Å². The Hall–Kier alpha value is -3.11. The van der Waals surface area contributed by atoms with E-state index in [1.807, 2.05) is 4.90 Å². The predicted octanol–water partition coefficient (Wildman–Crippen LogP) is 2.70. The molecule has 1 saturated heterocycles. The Balaban J connectivity index is 1.81. The first-order valence-corrected chi connectivity index (χ1v) is 8.84. The van der Waals surface area contributed by atoms with Gasteiger partial charge in [-0.25, -0.2) is 4.39 Å². The van der Waals surface area contributed by atoms with Crippen molar-refractivity contribution in [3.05, 3.63) is 64.0 Å². The standard InChI is InChI=1S/C18H17FN4O4S/c19-12-2-1-3-13(10-12)20-18(28)21-17(24)15-11-14(23(25)26)4-5-16(15)22-6-8-27-9-7-22/h1-5,10-11H,6-9H2,(H2,20,21,24,28). The number of nitrogens with one attached hydrogen (secondary N) is 2. The van der Waals surface area contributed by atoms with Crippen molar-refractivity contribution in [3.63, 3.8) is 0 Å². The molecule has 1 fully saturated rings. The molecule has 3 rings (SSSR count). The summed E-state index contributed by atoms with van der Waals surface area (Å²) in [5, 5.41) is 16.3. The lowest BCUT2D eigenvalue weighted by Crippen LogP contribution is -2.39. The quantitative estimate of drug-likeness (QED) is 0.459. The van der Waals surface area contributed by atoms with E-state index < -0.39 is 16.6 Å². The number of halogens is 1. The van der Waals surface area contributed by atoms with Crippen LogP contribution < -0.4 is 15.5 Å². The number of carbonyl (C=O) groups excluding carboxylic acids is 1. The van der Waals surface area contributed by atoms with Crippen molar-refractivity contribution in [1.29, 1.82) is 0 Å². The smallest absolute Gasteiger partial charge is 0.270 e. The summed E-state index contributed by atoms with van der Waals surface area (Å²) in [6.45, 7) is 2.11. The van der Waals surface area contributed by atoms with E-state index >= 15 is 0 Å². The number of morpholine rings is 1. The number of rotatable bonds is 4. The number of anilines is 2. The molecule has 1 amide bonds. The highest BCUT2D eigenvalue weighted by Gasteiger charge is 2.22. The molecule has 0 saturated carbocycles.